The summed E-state index contributed by atoms with van der Waals surface area (Å²) in [4.78, 5) is 3.93. The van der Waals surface area contributed by atoms with Crippen molar-refractivity contribution >= 4 is 21.3 Å². The predicted octanol–water partition coefficient (Wildman–Crippen LogP) is 0.293. The van der Waals surface area contributed by atoms with Gasteiger partial charge in [-0.25, -0.2) is 19.1 Å². The molecule has 0 aliphatic heterocycles. The monoisotopic (exact) mass is 295 g/mol. The molecule has 1 unspecified atom stereocenters. The van der Waals surface area contributed by atoms with E-state index >= 15 is 0 Å². The quantitative estimate of drug-likeness (QED) is 0.625. The summed E-state index contributed by atoms with van der Waals surface area (Å²) in [6, 6.07) is 0. The number of aliphatic hydroxyl groups is 1. The largest absolute Gasteiger partial charge is 0.382 e. The summed E-state index contributed by atoms with van der Waals surface area (Å²) in [6.45, 7) is 2.36. The second kappa shape index (κ2) is 6.04. The zero-order chi connectivity index (χ0) is 13.8. The van der Waals surface area contributed by atoms with Crippen LogP contribution in [0.1, 0.15) is 11.9 Å². The highest BCUT2D eigenvalue weighted by Crippen LogP contribution is 2.27. The Balaban J connectivity index is 2.70. The fourth-order valence-corrected chi connectivity index (χ4v) is 2.74. The van der Waals surface area contributed by atoms with E-state index in [0.29, 0.717) is 18.2 Å². The van der Waals surface area contributed by atoms with Crippen LogP contribution in [0.5, 0.6) is 0 Å². The van der Waals surface area contributed by atoms with Crippen molar-refractivity contribution in [2.45, 2.75) is 16.7 Å². The van der Waals surface area contributed by atoms with Gasteiger partial charge in [0.2, 0.25) is 0 Å². The van der Waals surface area contributed by atoms with Gasteiger partial charge in [0.15, 0.2) is 0 Å². The van der Waals surface area contributed by atoms with Crippen LogP contribution in [-0.4, -0.2) is 41.2 Å². The maximum absolute atomic E-state index is 11.3. The van der Waals surface area contributed by atoms with E-state index in [1.807, 2.05) is 0 Å². The van der Waals surface area contributed by atoms with Crippen molar-refractivity contribution in [3.8, 4) is 0 Å². The Kier molecular flexibility index (Phi) is 5.20. The number of nitrogens with two attached hydrogens (primary N) is 1. The van der Waals surface area contributed by atoms with Crippen molar-refractivity contribution in [3.63, 3.8) is 0 Å². The van der Waals surface area contributed by atoms with Crippen LogP contribution in [0.3, 0.4) is 0 Å². The first-order chi connectivity index (χ1) is 8.27. The van der Waals surface area contributed by atoms with Gasteiger partial charge in [0.25, 0.3) is 0 Å². The third kappa shape index (κ3) is 4.26. The Labute approximate surface area is 110 Å². The lowest BCUT2D eigenvalue weighted by Crippen LogP contribution is -2.28. The van der Waals surface area contributed by atoms with Gasteiger partial charge in [0.1, 0.15) is 24.7 Å². The van der Waals surface area contributed by atoms with Crippen molar-refractivity contribution < 1.29 is 18.8 Å². The predicted molar refractivity (Wildman–Crippen MR) is 67.7 cm³/mol. The van der Waals surface area contributed by atoms with E-state index in [0.717, 1.165) is 11.3 Å². The smallest absolute Gasteiger partial charge is 0.143 e. The van der Waals surface area contributed by atoms with E-state index in [9.17, 15) is 9.32 Å². The zero-order valence-corrected chi connectivity index (χ0v) is 11.8. The Morgan fingerprint density at radius 3 is 2.83 bits per heavy atom. The van der Waals surface area contributed by atoms with Gasteiger partial charge in [-0.2, -0.15) is 0 Å². The molecule has 18 heavy (non-hydrogen) atoms. The van der Waals surface area contributed by atoms with Crippen LogP contribution in [0.15, 0.2) is 10.4 Å². The molecule has 1 rings (SSSR count). The molecule has 0 aliphatic carbocycles. The summed E-state index contributed by atoms with van der Waals surface area (Å²) in [5.74, 6) is 0. The Hall–Kier alpha value is -0.580. The van der Waals surface area contributed by atoms with E-state index in [-0.39, 0.29) is 10.8 Å². The summed E-state index contributed by atoms with van der Waals surface area (Å²) in [6.07, 6.45) is 1.25. The number of nitrogens with zero attached hydrogens (tertiary/aromatic N) is 1. The van der Waals surface area contributed by atoms with Crippen molar-refractivity contribution in [1.29, 1.82) is 4.78 Å². The number of hydrogen-bond donors (Lipinski definition) is 3. The van der Waals surface area contributed by atoms with Crippen molar-refractivity contribution in [2.75, 3.05) is 26.9 Å². The van der Waals surface area contributed by atoms with Crippen LogP contribution >= 0.6 is 11.3 Å². The summed E-state index contributed by atoms with van der Waals surface area (Å²) in [5, 5.41) is 15.7. The summed E-state index contributed by atoms with van der Waals surface area (Å²) >= 11 is 0.950. The van der Waals surface area contributed by atoms with Gasteiger partial charge in [0.05, 0.1) is 26.0 Å². The van der Waals surface area contributed by atoms with Crippen LogP contribution in [0.25, 0.3) is 0 Å². The molecule has 104 valence electrons. The molecule has 0 aliphatic rings. The van der Waals surface area contributed by atoms with E-state index in [1.54, 1.807) is 7.11 Å². The van der Waals surface area contributed by atoms with Gasteiger partial charge in [-0.05, 0) is 6.92 Å². The minimum absolute atomic E-state index is 0.0348. The van der Waals surface area contributed by atoms with Crippen molar-refractivity contribution in [1.82, 2.24) is 4.98 Å². The number of hydrogen-bond acceptors (Lipinski definition) is 7. The molecule has 0 bridgehead atoms. The third-order valence-electron chi connectivity index (χ3n) is 2.06. The van der Waals surface area contributed by atoms with Crippen LogP contribution < -0.4 is 5.14 Å². The number of thiazole rings is 1. The van der Waals surface area contributed by atoms with Crippen LogP contribution in [0, 0.1) is 4.78 Å². The van der Waals surface area contributed by atoms with E-state index < -0.39 is 15.5 Å². The Morgan fingerprint density at radius 2 is 2.33 bits per heavy atom. The highest BCUT2D eigenvalue weighted by molar-refractivity contribution is 7.92. The Morgan fingerprint density at radius 1 is 1.67 bits per heavy atom. The molecule has 0 saturated carbocycles. The van der Waals surface area contributed by atoms with Gasteiger partial charge in [-0.15, -0.1) is 11.3 Å². The van der Waals surface area contributed by atoms with E-state index in [2.05, 4.69) is 4.98 Å². The first-order valence-electron chi connectivity index (χ1n) is 5.09. The van der Waals surface area contributed by atoms with Gasteiger partial charge in [0, 0.05) is 7.11 Å². The van der Waals surface area contributed by atoms with Gasteiger partial charge >= 0.3 is 0 Å². The molecule has 7 nitrogen and oxygen atoms in total. The fourth-order valence-electron chi connectivity index (χ4n) is 1.12. The first-order valence-corrected chi connectivity index (χ1v) is 7.53. The average Bonchev–Trinajstić information content (AvgIpc) is 2.73. The zero-order valence-electron chi connectivity index (χ0n) is 10.2. The number of nitrogens with one attached hydrogen (secondary N) is 1. The fraction of sp³-hybridized carbons (Fsp3) is 0.667. The van der Waals surface area contributed by atoms with Crippen LogP contribution in [-0.2, 0) is 25.0 Å². The van der Waals surface area contributed by atoms with Gasteiger partial charge in [-0.3, -0.25) is 0 Å². The molecular formula is C9H17N3O4S2. The topological polar surface area (TPSA) is 119 Å². The minimum Gasteiger partial charge on any atom is -0.382 e. The molecule has 1 aromatic heterocycles. The molecular weight excluding hydrogens is 278 g/mol. The van der Waals surface area contributed by atoms with E-state index in [1.165, 1.54) is 13.1 Å². The lowest BCUT2D eigenvalue weighted by Gasteiger charge is -2.20. The number of ether oxygens (including phenoxy) is 2. The summed E-state index contributed by atoms with van der Waals surface area (Å²) < 4.78 is 28.7. The number of methoxy groups -OCH3 is 1. The molecule has 0 aromatic carbocycles. The molecule has 0 radical (unpaired) electrons. The lowest BCUT2D eigenvalue weighted by molar-refractivity contribution is -0.0479. The highest BCUT2D eigenvalue weighted by Gasteiger charge is 2.28. The lowest BCUT2D eigenvalue weighted by atomic mass is 10.1. The third-order valence-corrected chi connectivity index (χ3v) is 4.80. The molecule has 9 heteroatoms. The normalized spacial score (nSPS) is 18.2. The molecule has 0 fully saturated rings. The second-order valence-electron chi connectivity index (χ2n) is 3.90. The van der Waals surface area contributed by atoms with Crippen molar-refractivity contribution in [2.24, 2.45) is 5.14 Å². The van der Waals surface area contributed by atoms with Crippen LogP contribution in [0.2, 0.25) is 0 Å². The molecule has 2 atom stereocenters. The molecule has 0 amide bonds. The summed E-state index contributed by atoms with van der Waals surface area (Å²) in [7, 11) is -1.73. The molecule has 4 N–H and O–H groups in total. The molecule has 1 heterocycles. The van der Waals surface area contributed by atoms with Crippen molar-refractivity contribution in [3.05, 3.63) is 11.2 Å². The van der Waals surface area contributed by atoms with Crippen LogP contribution in [0.4, 0.5) is 0 Å². The average molecular weight is 295 g/mol. The minimum atomic E-state index is -3.29. The summed E-state index contributed by atoms with van der Waals surface area (Å²) in [5.41, 5.74) is -1.30. The highest BCUT2D eigenvalue weighted by atomic mass is 32.2. The maximum Gasteiger partial charge on any atom is 0.143 e. The first kappa shape index (κ1) is 15.5. The molecule has 1 aromatic rings. The van der Waals surface area contributed by atoms with Gasteiger partial charge in [-0.1, -0.05) is 0 Å². The number of aromatic nitrogens is 1. The Bertz CT molecular complexity index is 484. The SMILES string of the molecule is COCCOC[C@@](C)(O)c1ncc(S(=N)(N)=O)s1. The second-order valence-corrected chi connectivity index (χ2v) is 6.83. The maximum atomic E-state index is 11.3. The molecule has 0 saturated heterocycles. The standard InChI is InChI=1S/C9H17N3O4S2/c1-9(13,6-16-4-3-15-2)8-12-5-7(17-8)18(10,11)14/h5,13H,3-4,6H2,1-2H3,(H3,10,11,14)/t9-/m1/s1. The van der Waals surface area contributed by atoms with Gasteiger partial charge < -0.3 is 14.6 Å². The van der Waals surface area contributed by atoms with E-state index in [4.69, 9.17) is 19.4 Å². The number of rotatable bonds is 7. The molecule has 0 spiro atoms.